The van der Waals surface area contributed by atoms with Gasteiger partial charge in [0.15, 0.2) is 0 Å². The number of nitrogens with one attached hydrogen (secondary N) is 1. The molecule has 0 atom stereocenters. The monoisotopic (exact) mass is 235 g/mol. The van der Waals surface area contributed by atoms with Crippen molar-refractivity contribution >= 4 is 17.0 Å². The molecule has 0 unspecified atom stereocenters. The summed E-state index contributed by atoms with van der Waals surface area (Å²) < 4.78 is 13.1. The highest BCUT2D eigenvalue weighted by atomic mass is 32.1. The van der Waals surface area contributed by atoms with Crippen LogP contribution in [0.1, 0.15) is 16.0 Å². The van der Waals surface area contributed by atoms with Crippen LogP contribution in [0.25, 0.3) is 0 Å². The minimum Gasteiger partial charge on any atom is -0.380 e. The topological polar surface area (TPSA) is 12.0 Å². The molecule has 0 aliphatic carbocycles. The number of aryl methyl sites for hydroxylation is 2. The van der Waals surface area contributed by atoms with Crippen molar-refractivity contribution in [1.29, 1.82) is 0 Å². The first-order chi connectivity index (χ1) is 7.65. The third-order valence-corrected chi connectivity index (χ3v) is 3.49. The van der Waals surface area contributed by atoms with Crippen LogP contribution < -0.4 is 5.32 Å². The summed E-state index contributed by atoms with van der Waals surface area (Å²) in [7, 11) is 0. The molecular weight excluding hydrogens is 221 g/mol. The van der Waals surface area contributed by atoms with Crippen molar-refractivity contribution in [1.82, 2.24) is 0 Å². The maximum atomic E-state index is 13.1. The Balaban J connectivity index is 2.07. The second kappa shape index (κ2) is 4.66. The molecule has 0 aliphatic rings. The molecule has 0 aliphatic heterocycles. The van der Waals surface area contributed by atoms with Crippen LogP contribution in [0, 0.1) is 19.7 Å². The fourth-order valence-corrected chi connectivity index (χ4v) is 2.45. The molecule has 1 heterocycles. The van der Waals surface area contributed by atoms with E-state index >= 15 is 0 Å². The van der Waals surface area contributed by atoms with Gasteiger partial charge in [0.1, 0.15) is 5.82 Å². The third kappa shape index (κ3) is 2.61. The molecule has 84 valence electrons. The van der Waals surface area contributed by atoms with Crippen LogP contribution >= 0.6 is 11.3 Å². The summed E-state index contributed by atoms with van der Waals surface area (Å²) in [4.78, 5) is 1.29. The van der Waals surface area contributed by atoms with Gasteiger partial charge in [-0.1, -0.05) is 0 Å². The standard InChI is InChI=1S/C13H14FNS/c1-9-5-11(14)7-12(6-9)15-8-13-10(2)3-4-16-13/h3-7,15H,8H2,1-2H3. The smallest absolute Gasteiger partial charge is 0.125 e. The van der Waals surface area contributed by atoms with Gasteiger partial charge in [0.25, 0.3) is 0 Å². The fraction of sp³-hybridized carbons (Fsp3) is 0.231. The van der Waals surface area contributed by atoms with E-state index < -0.39 is 0 Å². The molecule has 1 nitrogen and oxygen atoms in total. The van der Waals surface area contributed by atoms with Gasteiger partial charge in [-0.15, -0.1) is 11.3 Å². The minimum absolute atomic E-state index is 0.189. The number of anilines is 1. The molecule has 0 radical (unpaired) electrons. The average Bonchev–Trinajstić information content (AvgIpc) is 2.59. The molecule has 0 saturated carbocycles. The van der Waals surface area contributed by atoms with Crippen LogP contribution in [0.4, 0.5) is 10.1 Å². The normalized spacial score (nSPS) is 10.4. The van der Waals surface area contributed by atoms with Gasteiger partial charge in [0.2, 0.25) is 0 Å². The van der Waals surface area contributed by atoms with Crippen LogP contribution in [0.3, 0.4) is 0 Å². The predicted octanol–water partition coefficient (Wildman–Crippen LogP) is 4.12. The number of hydrogen-bond donors (Lipinski definition) is 1. The van der Waals surface area contributed by atoms with Gasteiger partial charge in [-0.3, -0.25) is 0 Å². The van der Waals surface area contributed by atoms with Crippen molar-refractivity contribution in [3.05, 3.63) is 51.5 Å². The molecule has 1 N–H and O–H groups in total. The second-order valence-electron chi connectivity index (χ2n) is 3.90. The van der Waals surface area contributed by atoms with Gasteiger partial charge in [-0.25, -0.2) is 4.39 Å². The Morgan fingerprint density at radius 2 is 2.06 bits per heavy atom. The fourth-order valence-electron chi connectivity index (χ4n) is 1.61. The van der Waals surface area contributed by atoms with E-state index in [0.29, 0.717) is 0 Å². The van der Waals surface area contributed by atoms with Gasteiger partial charge < -0.3 is 5.32 Å². The average molecular weight is 235 g/mol. The Morgan fingerprint density at radius 3 is 2.69 bits per heavy atom. The van der Waals surface area contributed by atoms with E-state index in [9.17, 15) is 4.39 Å². The number of halogens is 1. The first-order valence-electron chi connectivity index (χ1n) is 5.19. The van der Waals surface area contributed by atoms with Crippen LogP contribution in [-0.4, -0.2) is 0 Å². The molecule has 2 aromatic rings. The number of benzene rings is 1. The highest BCUT2D eigenvalue weighted by Crippen LogP contribution is 2.19. The van der Waals surface area contributed by atoms with E-state index in [0.717, 1.165) is 17.8 Å². The molecule has 0 fully saturated rings. The zero-order chi connectivity index (χ0) is 11.5. The lowest BCUT2D eigenvalue weighted by Gasteiger charge is -2.07. The quantitative estimate of drug-likeness (QED) is 0.844. The maximum Gasteiger partial charge on any atom is 0.125 e. The summed E-state index contributed by atoms with van der Waals surface area (Å²) in [6.45, 7) is 4.74. The van der Waals surface area contributed by atoms with E-state index in [4.69, 9.17) is 0 Å². The van der Waals surface area contributed by atoms with Gasteiger partial charge >= 0.3 is 0 Å². The first-order valence-corrected chi connectivity index (χ1v) is 6.07. The Morgan fingerprint density at radius 1 is 1.25 bits per heavy atom. The van der Waals surface area contributed by atoms with Crippen molar-refractivity contribution in [2.24, 2.45) is 0 Å². The minimum atomic E-state index is -0.189. The number of rotatable bonds is 3. The molecule has 2 rings (SSSR count). The van der Waals surface area contributed by atoms with Crippen LogP contribution in [-0.2, 0) is 6.54 Å². The van der Waals surface area contributed by atoms with Crippen molar-refractivity contribution in [2.45, 2.75) is 20.4 Å². The van der Waals surface area contributed by atoms with E-state index in [2.05, 4.69) is 23.7 Å². The van der Waals surface area contributed by atoms with Gasteiger partial charge in [-0.05, 0) is 54.6 Å². The summed E-state index contributed by atoms with van der Waals surface area (Å²) in [6.07, 6.45) is 0. The van der Waals surface area contributed by atoms with E-state index in [1.54, 1.807) is 11.3 Å². The molecule has 3 heteroatoms. The summed E-state index contributed by atoms with van der Waals surface area (Å²) in [5.74, 6) is -0.189. The zero-order valence-corrected chi connectivity index (χ0v) is 10.2. The lowest BCUT2D eigenvalue weighted by molar-refractivity contribution is 0.627. The highest BCUT2D eigenvalue weighted by Gasteiger charge is 2.01. The molecule has 0 bridgehead atoms. The van der Waals surface area contributed by atoms with E-state index in [1.165, 1.54) is 22.6 Å². The summed E-state index contributed by atoms with van der Waals surface area (Å²) in [5.41, 5.74) is 3.06. The predicted molar refractivity (Wildman–Crippen MR) is 67.5 cm³/mol. The van der Waals surface area contributed by atoms with Crippen molar-refractivity contribution < 1.29 is 4.39 Å². The summed E-state index contributed by atoms with van der Waals surface area (Å²) in [5, 5.41) is 5.31. The van der Waals surface area contributed by atoms with Crippen molar-refractivity contribution in [2.75, 3.05) is 5.32 Å². The van der Waals surface area contributed by atoms with Crippen LogP contribution in [0.5, 0.6) is 0 Å². The molecule has 1 aromatic carbocycles. The molecule has 1 aromatic heterocycles. The first kappa shape index (κ1) is 11.1. The van der Waals surface area contributed by atoms with E-state index in [1.807, 2.05) is 13.0 Å². The van der Waals surface area contributed by atoms with Gasteiger partial charge in [0.05, 0.1) is 0 Å². The van der Waals surface area contributed by atoms with Gasteiger partial charge in [-0.2, -0.15) is 0 Å². The van der Waals surface area contributed by atoms with Crippen molar-refractivity contribution in [3.63, 3.8) is 0 Å². The molecule has 0 saturated heterocycles. The van der Waals surface area contributed by atoms with Crippen molar-refractivity contribution in [3.8, 4) is 0 Å². The van der Waals surface area contributed by atoms with Gasteiger partial charge in [0, 0.05) is 17.1 Å². The Hall–Kier alpha value is -1.35. The largest absolute Gasteiger partial charge is 0.380 e. The number of thiophene rings is 1. The molecule has 16 heavy (non-hydrogen) atoms. The van der Waals surface area contributed by atoms with Crippen LogP contribution in [0.2, 0.25) is 0 Å². The second-order valence-corrected chi connectivity index (χ2v) is 4.90. The molecule has 0 spiro atoms. The highest BCUT2D eigenvalue weighted by molar-refractivity contribution is 7.10. The lowest BCUT2D eigenvalue weighted by atomic mass is 10.2. The summed E-state index contributed by atoms with van der Waals surface area (Å²) in [6, 6.07) is 7.10. The Bertz CT molecular complexity index is 470. The zero-order valence-electron chi connectivity index (χ0n) is 9.38. The molecule has 0 amide bonds. The van der Waals surface area contributed by atoms with Crippen LogP contribution in [0.15, 0.2) is 29.6 Å². The Kier molecular flexibility index (Phi) is 3.25. The SMILES string of the molecule is Cc1cc(F)cc(NCc2sccc2C)c1. The molecular formula is C13H14FNS. The van der Waals surface area contributed by atoms with E-state index in [-0.39, 0.29) is 5.82 Å². The maximum absolute atomic E-state index is 13.1. The lowest BCUT2D eigenvalue weighted by Crippen LogP contribution is -1.99. The Labute approximate surface area is 98.9 Å². The third-order valence-electron chi connectivity index (χ3n) is 2.46. The number of hydrogen-bond acceptors (Lipinski definition) is 2. The summed E-state index contributed by atoms with van der Waals surface area (Å²) >= 11 is 1.72.